The number of likely N-dealkylation sites (N-methyl/N-ethyl adjacent to an activating group) is 1. The molecule has 0 amide bonds. The number of rotatable bonds is 9. The number of ether oxygens (including phenoxy) is 1. The maximum atomic E-state index is 12.5. The van der Waals surface area contributed by atoms with Crippen molar-refractivity contribution in [2.45, 2.75) is 17.4 Å². The molecular weight excluding hydrogens is 358 g/mol. The summed E-state index contributed by atoms with van der Waals surface area (Å²) in [6, 6.07) is 11.0. The molecule has 0 saturated heterocycles. The Hall–Kier alpha value is -2.49. The highest BCUT2D eigenvalue weighted by Gasteiger charge is 2.23. The van der Waals surface area contributed by atoms with E-state index in [2.05, 4.69) is 9.71 Å². The van der Waals surface area contributed by atoms with Crippen LogP contribution in [0.2, 0.25) is 0 Å². The molecule has 1 atom stereocenters. The molecule has 1 heterocycles. The Morgan fingerprint density at radius 2 is 1.92 bits per heavy atom. The van der Waals surface area contributed by atoms with Crippen LogP contribution in [0.1, 0.15) is 6.42 Å². The number of nitrogens with one attached hydrogen (secondary N) is 1. The summed E-state index contributed by atoms with van der Waals surface area (Å²) in [5.41, 5.74) is 0. The maximum absolute atomic E-state index is 12.5. The summed E-state index contributed by atoms with van der Waals surface area (Å²) in [5.74, 6) is -0.240. The van der Waals surface area contributed by atoms with Crippen LogP contribution < -0.4 is 9.46 Å². The first-order chi connectivity index (χ1) is 12.3. The topological polar surface area (TPSA) is 109 Å². The number of hydrogen-bond acceptors (Lipinski definition) is 6. The van der Waals surface area contributed by atoms with Gasteiger partial charge in [0.15, 0.2) is 0 Å². The van der Waals surface area contributed by atoms with Crippen molar-refractivity contribution in [2.75, 3.05) is 20.6 Å². The Bertz CT molecular complexity index is 823. The number of sulfonamides is 1. The van der Waals surface area contributed by atoms with Crippen LogP contribution in [-0.4, -0.2) is 56.1 Å². The molecule has 8 nitrogen and oxygen atoms in total. The van der Waals surface area contributed by atoms with Crippen LogP contribution in [0.25, 0.3) is 0 Å². The summed E-state index contributed by atoms with van der Waals surface area (Å²) in [7, 11) is -0.425. The standard InChI is InChI=1S/C17H21N3O5S/c1-20(2)12-13(10-17(21)22)19-26(23,24)15-8-9-16(18-11-15)25-14-6-4-3-5-7-14/h3-9,11,13,19H,10,12H2,1-2H3,(H,21,22). The summed E-state index contributed by atoms with van der Waals surface area (Å²) in [6.07, 6.45) is 0.855. The van der Waals surface area contributed by atoms with Crippen LogP contribution in [0, 0.1) is 0 Å². The van der Waals surface area contributed by atoms with Gasteiger partial charge in [-0.3, -0.25) is 4.79 Å². The molecule has 2 rings (SSSR count). The molecule has 0 bridgehead atoms. The monoisotopic (exact) mass is 379 g/mol. The van der Waals surface area contributed by atoms with E-state index in [9.17, 15) is 13.2 Å². The molecule has 0 radical (unpaired) electrons. The number of pyridine rings is 1. The van der Waals surface area contributed by atoms with Crippen molar-refractivity contribution in [1.82, 2.24) is 14.6 Å². The molecule has 0 aliphatic carbocycles. The average molecular weight is 379 g/mol. The van der Waals surface area contributed by atoms with Gasteiger partial charge in [-0.2, -0.15) is 0 Å². The fourth-order valence-corrected chi connectivity index (χ4v) is 3.45. The Morgan fingerprint density at radius 1 is 1.23 bits per heavy atom. The summed E-state index contributed by atoms with van der Waals surface area (Å²) in [4.78, 5) is 16.6. The van der Waals surface area contributed by atoms with Crippen molar-refractivity contribution in [3.05, 3.63) is 48.7 Å². The van der Waals surface area contributed by atoms with Crippen molar-refractivity contribution in [2.24, 2.45) is 0 Å². The summed E-state index contributed by atoms with van der Waals surface area (Å²) in [5, 5.41) is 8.96. The Morgan fingerprint density at radius 3 is 2.46 bits per heavy atom. The van der Waals surface area contributed by atoms with Gasteiger partial charge in [-0.05, 0) is 32.3 Å². The fourth-order valence-electron chi connectivity index (χ4n) is 2.28. The molecule has 0 aliphatic heterocycles. The van der Waals surface area contributed by atoms with Gasteiger partial charge < -0.3 is 14.7 Å². The second-order valence-corrected chi connectivity index (χ2v) is 7.64. The molecule has 0 fully saturated rings. The van der Waals surface area contributed by atoms with E-state index >= 15 is 0 Å². The molecule has 1 aromatic heterocycles. The maximum Gasteiger partial charge on any atom is 0.305 e. The number of aliphatic carboxylic acids is 1. The van der Waals surface area contributed by atoms with Gasteiger partial charge >= 0.3 is 5.97 Å². The second-order valence-electron chi connectivity index (χ2n) is 5.93. The summed E-state index contributed by atoms with van der Waals surface area (Å²) >= 11 is 0. The van der Waals surface area contributed by atoms with E-state index < -0.39 is 22.0 Å². The predicted molar refractivity (Wildman–Crippen MR) is 95.7 cm³/mol. The number of carboxylic acid groups (broad SMARTS) is 1. The highest BCUT2D eigenvalue weighted by atomic mass is 32.2. The Kier molecular flexibility index (Phi) is 6.67. The number of aromatic nitrogens is 1. The van der Waals surface area contributed by atoms with Crippen LogP contribution in [0.5, 0.6) is 11.6 Å². The normalized spacial score (nSPS) is 12.7. The number of carbonyl (C=O) groups is 1. The van der Waals surface area contributed by atoms with E-state index in [-0.39, 0.29) is 23.7 Å². The lowest BCUT2D eigenvalue weighted by molar-refractivity contribution is -0.137. The molecule has 0 aliphatic rings. The third-order valence-corrected chi connectivity index (χ3v) is 4.82. The minimum absolute atomic E-state index is 0.0629. The van der Waals surface area contributed by atoms with Gasteiger partial charge in [0.2, 0.25) is 15.9 Å². The third kappa shape index (κ3) is 6.10. The van der Waals surface area contributed by atoms with E-state index in [0.29, 0.717) is 5.75 Å². The highest BCUT2D eigenvalue weighted by molar-refractivity contribution is 7.89. The van der Waals surface area contributed by atoms with Gasteiger partial charge in [-0.1, -0.05) is 18.2 Å². The van der Waals surface area contributed by atoms with E-state index in [0.717, 1.165) is 0 Å². The Balaban J connectivity index is 2.11. The van der Waals surface area contributed by atoms with E-state index in [1.807, 2.05) is 18.2 Å². The largest absolute Gasteiger partial charge is 0.481 e. The molecule has 2 aromatic rings. The van der Waals surface area contributed by atoms with Gasteiger partial charge in [0, 0.05) is 18.7 Å². The minimum Gasteiger partial charge on any atom is -0.481 e. The lowest BCUT2D eigenvalue weighted by Gasteiger charge is -2.20. The van der Waals surface area contributed by atoms with Crippen LogP contribution in [-0.2, 0) is 14.8 Å². The number of nitrogens with zero attached hydrogens (tertiary/aromatic N) is 2. The first-order valence-electron chi connectivity index (χ1n) is 7.84. The van der Waals surface area contributed by atoms with Gasteiger partial charge in [0.1, 0.15) is 10.6 Å². The SMILES string of the molecule is CN(C)CC(CC(=O)O)NS(=O)(=O)c1ccc(Oc2ccccc2)nc1. The molecule has 1 unspecified atom stereocenters. The van der Waals surface area contributed by atoms with Crippen LogP contribution in [0.4, 0.5) is 0 Å². The molecular formula is C17H21N3O5S. The van der Waals surface area contributed by atoms with Crippen molar-refractivity contribution in [3.63, 3.8) is 0 Å². The van der Waals surface area contributed by atoms with Crippen LogP contribution in [0.15, 0.2) is 53.6 Å². The molecule has 9 heteroatoms. The first-order valence-corrected chi connectivity index (χ1v) is 9.32. The molecule has 0 spiro atoms. The fraction of sp³-hybridized carbons (Fsp3) is 0.294. The van der Waals surface area contributed by atoms with Crippen LogP contribution in [0.3, 0.4) is 0 Å². The summed E-state index contributed by atoms with van der Waals surface area (Å²) in [6.45, 7) is 0.258. The van der Waals surface area contributed by atoms with Crippen molar-refractivity contribution in [1.29, 1.82) is 0 Å². The highest BCUT2D eigenvalue weighted by Crippen LogP contribution is 2.20. The van der Waals surface area contributed by atoms with E-state index in [4.69, 9.17) is 9.84 Å². The van der Waals surface area contributed by atoms with Gasteiger partial charge in [0.05, 0.1) is 12.6 Å². The quantitative estimate of drug-likeness (QED) is 0.680. The predicted octanol–water partition coefficient (Wildman–Crippen LogP) is 1.56. The Labute approximate surface area is 152 Å². The third-order valence-electron chi connectivity index (χ3n) is 3.31. The molecule has 26 heavy (non-hydrogen) atoms. The zero-order valence-corrected chi connectivity index (χ0v) is 15.3. The minimum atomic E-state index is -3.90. The van der Waals surface area contributed by atoms with Gasteiger partial charge in [-0.25, -0.2) is 18.1 Å². The second kappa shape index (κ2) is 8.75. The zero-order valence-electron chi connectivity index (χ0n) is 14.5. The number of para-hydroxylation sites is 1. The molecule has 0 saturated carbocycles. The number of hydrogen-bond donors (Lipinski definition) is 2. The van der Waals surface area contributed by atoms with E-state index in [1.54, 1.807) is 31.1 Å². The van der Waals surface area contributed by atoms with Crippen molar-refractivity contribution < 1.29 is 23.1 Å². The first kappa shape index (κ1) is 19.8. The molecule has 140 valence electrons. The average Bonchev–Trinajstić information content (AvgIpc) is 2.54. The van der Waals surface area contributed by atoms with Gasteiger partial charge in [0.25, 0.3) is 0 Å². The molecule has 2 N–H and O–H groups in total. The number of carboxylic acids is 1. The van der Waals surface area contributed by atoms with Crippen LogP contribution >= 0.6 is 0 Å². The summed E-state index contributed by atoms with van der Waals surface area (Å²) < 4.78 is 32.9. The zero-order chi connectivity index (χ0) is 19.2. The van der Waals surface area contributed by atoms with Gasteiger partial charge in [-0.15, -0.1) is 0 Å². The number of benzene rings is 1. The van der Waals surface area contributed by atoms with Crippen molar-refractivity contribution >= 4 is 16.0 Å². The smallest absolute Gasteiger partial charge is 0.305 e. The lowest BCUT2D eigenvalue weighted by atomic mass is 10.2. The lowest BCUT2D eigenvalue weighted by Crippen LogP contribution is -2.42. The van der Waals surface area contributed by atoms with E-state index in [1.165, 1.54) is 18.3 Å². The van der Waals surface area contributed by atoms with Crippen molar-refractivity contribution in [3.8, 4) is 11.6 Å². The molecule has 1 aromatic carbocycles.